The minimum Gasteiger partial charge on any atom is -0.372 e. The molecular weight excluding hydrogens is 158 g/mol. The maximum absolute atomic E-state index is 10.2. The molecule has 2 aliphatic heterocycles. The third-order valence-electron chi connectivity index (χ3n) is 2.37. The van der Waals surface area contributed by atoms with Crippen molar-refractivity contribution in [2.45, 2.75) is 12.2 Å². The number of hydrogen-bond donors (Lipinski definition) is 0. The Labute approximate surface area is 71.4 Å². The van der Waals surface area contributed by atoms with Crippen LogP contribution >= 0.6 is 0 Å². The van der Waals surface area contributed by atoms with Gasteiger partial charge in [0.25, 0.3) is 0 Å². The van der Waals surface area contributed by atoms with E-state index in [1.165, 1.54) is 0 Å². The molecule has 4 nitrogen and oxygen atoms in total. The van der Waals surface area contributed by atoms with Crippen molar-refractivity contribution < 1.29 is 14.3 Å². The normalized spacial score (nSPS) is 36.3. The van der Waals surface area contributed by atoms with Crippen LogP contribution in [-0.4, -0.2) is 56.2 Å². The van der Waals surface area contributed by atoms with Crippen molar-refractivity contribution in [1.82, 2.24) is 4.90 Å². The van der Waals surface area contributed by atoms with Crippen LogP contribution in [0, 0.1) is 0 Å². The van der Waals surface area contributed by atoms with E-state index in [1.54, 1.807) is 0 Å². The molecule has 2 saturated heterocycles. The first kappa shape index (κ1) is 8.16. The van der Waals surface area contributed by atoms with Gasteiger partial charge >= 0.3 is 0 Å². The highest BCUT2D eigenvalue weighted by Crippen LogP contribution is 2.19. The Morgan fingerprint density at radius 3 is 2.33 bits per heavy atom. The van der Waals surface area contributed by atoms with Crippen molar-refractivity contribution in [1.29, 1.82) is 0 Å². The molecule has 0 spiro atoms. The molecule has 0 aromatic heterocycles. The minimum absolute atomic E-state index is 0.193. The molecule has 2 rings (SSSR count). The summed E-state index contributed by atoms with van der Waals surface area (Å²) in [6.45, 7) is 3.55. The Kier molecular flexibility index (Phi) is 2.39. The topological polar surface area (TPSA) is 38.8 Å². The van der Waals surface area contributed by atoms with Crippen molar-refractivity contribution in [3.05, 3.63) is 0 Å². The molecule has 0 aromatic carbocycles. The fourth-order valence-electron chi connectivity index (χ4n) is 1.79. The molecule has 2 heterocycles. The Morgan fingerprint density at radius 1 is 1.25 bits per heavy atom. The average molecular weight is 171 g/mol. The predicted octanol–water partition coefficient (Wildman–Crippen LogP) is -0.715. The van der Waals surface area contributed by atoms with Gasteiger partial charge in [0.05, 0.1) is 32.0 Å². The maximum Gasteiger partial charge on any atom is 0.133 e. The molecule has 0 aliphatic carbocycles. The second-order valence-electron chi connectivity index (χ2n) is 3.20. The highest BCUT2D eigenvalue weighted by atomic mass is 16.6. The Hall–Kier alpha value is -0.450. The number of aldehydes is 1. The van der Waals surface area contributed by atoms with Crippen LogP contribution in [0.15, 0.2) is 0 Å². The SMILES string of the molecule is O=CCN1C[C@@H]2OCCO[C@@H]2C1. The number of carbonyl (C=O) groups is 1. The van der Waals surface area contributed by atoms with Gasteiger partial charge in [0.2, 0.25) is 0 Å². The fourth-order valence-corrected chi connectivity index (χ4v) is 1.79. The summed E-state index contributed by atoms with van der Waals surface area (Å²) in [5, 5.41) is 0. The third-order valence-corrected chi connectivity index (χ3v) is 2.37. The van der Waals surface area contributed by atoms with Crippen LogP contribution in [0.25, 0.3) is 0 Å². The quantitative estimate of drug-likeness (QED) is 0.514. The highest BCUT2D eigenvalue weighted by molar-refractivity contribution is 5.52. The first-order valence-corrected chi connectivity index (χ1v) is 4.29. The molecule has 68 valence electrons. The first-order valence-electron chi connectivity index (χ1n) is 4.29. The number of carbonyl (C=O) groups excluding carboxylic acids is 1. The summed E-state index contributed by atoms with van der Waals surface area (Å²) < 4.78 is 11.0. The summed E-state index contributed by atoms with van der Waals surface area (Å²) in [5.74, 6) is 0. The molecule has 0 saturated carbocycles. The smallest absolute Gasteiger partial charge is 0.133 e. The van der Waals surface area contributed by atoms with Crippen molar-refractivity contribution in [2.75, 3.05) is 32.8 Å². The monoisotopic (exact) mass is 171 g/mol. The van der Waals surface area contributed by atoms with Gasteiger partial charge in [0.1, 0.15) is 6.29 Å². The average Bonchev–Trinajstić information content (AvgIpc) is 2.47. The summed E-state index contributed by atoms with van der Waals surface area (Å²) in [6, 6.07) is 0. The van der Waals surface area contributed by atoms with Crippen LogP contribution in [0.1, 0.15) is 0 Å². The number of hydrogen-bond acceptors (Lipinski definition) is 4. The van der Waals surface area contributed by atoms with Crippen LogP contribution < -0.4 is 0 Å². The number of fused-ring (bicyclic) bond motifs is 1. The molecule has 0 amide bonds. The van der Waals surface area contributed by atoms with Crippen LogP contribution in [0.2, 0.25) is 0 Å². The van der Waals surface area contributed by atoms with Gasteiger partial charge in [-0.3, -0.25) is 4.90 Å². The van der Waals surface area contributed by atoms with Gasteiger partial charge in [0.15, 0.2) is 0 Å². The van der Waals surface area contributed by atoms with Gasteiger partial charge in [-0.25, -0.2) is 0 Å². The van der Waals surface area contributed by atoms with E-state index in [1.807, 2.05) is 0 Å². The number of rotatable bonds is 2. The van der Waals surface area contributed by atoms with Gasteiger partial charge < -0.3 is 14.3 Å². The lowest BCUT2D eigenvalue weighted by Crippen LogP contribution is -2.36. The molecule has 2 aliphatic rings. The van der Waals surface area contributed by atoms with Gasteiger partial charge in [-0.2, -0.15) is 0 Å². The molecule has 2 fully saturated rings. The minimum atomic E-state index is 0.193. The summed E-state index contributed by atoms with van der Waals surface area (Å²) in [5.41, 5.74) is 0. The molecule has 0 radical (unpaired) electrons. The predicted molar refractivity (Wildman–Crippen MR) is 42.0 cm³/mol. The number of nitrogens with zero attached hydrogens (tertiary/aromatic N) is 1. The van der Waals surface area contributed by atoms with E-state index in [0.29, 0.717) is 19.8 Å². The zero-order chi connectivity index (χ0) is 8.39. The molecule has 0 N–H and O–H groups in total. The third kappa shape index (κ3) is 1.50. The summed E-state index contributed by atoms with van der Waals surface area (Å²) in [4.78, 5) is 12.3. The van der Waals surface area contributed by atoms with Crippen molar-refractivity contribution in [3.63, 3.8) is 0 Å². The van der Waals surface area contributed by atoms with Crippen molar-refractivity contribution in [3.8, 4) is 0 Å². The van der Waals surface area contributed by atoms with Crippen LogP contribution in [0.3, 0.4) is 0 Å². The molecule has 2 atom stereocenters. The first-order chi connectivity index (χ1) is 5.90. The van der Waals surface area contributed by atoms with Gasteiger partial charge in [-0.1, -0.05) is 0 Å². The molecule has 12 heavy (non-hydrogen) atoms. The summed E-state index contributed by atoms with van der Waals surface area (Å²) in [7, 11) is 0. The lowest BCUT2D eigenvalue weighted by Gasteiger charge is -2.24. The molecular formula is C8H13NO3. The fraction of sp³-hybridized carbons (Fsp3) is 0.875. The molecule has 0 aromatic rings. The molecule has 4 heteroatoms. The largest absolute Gasteiger partial charge is 0.372 e. The lowest BCUT2D eigenvalue weighted by atomic mass is 10.2. The van der Waals surface area contributed by atoms with Crippen molar-refractivity contribution >= 4 is 6.29 Å². The van der Waals surface area contributed by atoms with E-state index in [2.05, 4.69) is 4.90 Å². The number of likely N-dealkylation sites (tertiary alicyclic amines) is 1. The standard InChI is InChI=1S/C8H13NO3/c10-2-1-9-5-7-8(6-9)12-4-3-11-7/h2,7-8H,1,3-6H2/t7-,8+. The van der Waals surface area contributed by atoms with Gasteiger partial charge in [-0.05, 0) is 0 Å². The summed E-state index contributed by atoms with van der Waals surface area (Å²) in [6.07, 6.45) is 1.31. The molecule has 0 unspecified atom stereocenters. The van der Waals surface area contributed by atoms with Gasteiger partial charge in [-0.15, -0.1) is 0 Å². The van der Waals surface area contributed by atoms with E-state index in [4.69, 9.17) is 9.47 Å². The Bertz CT molecular complexity index is 160. The van der Waals surface area contributed by atoms with E-state index < -0.39 is 0 Å². The highest BCUT2D eigenvalue weighted by Gasteiger charge is 2.35. The Morgan fingerprint density at radius 2 is 1.83 bits per heavy atom. The molecule has 0 bridgehead atoms. The van der Waals surface area contributed by atoms with E-state index in [9.17, 15) is 4.79 Å². The van der Waals surface area contributed by atoms with E-state index >= 15 is 0 Å². The van der Waals surface area contributed by atoms with Crippen LogP contribution in [0.5, 0.6) is 0 Å². The van der Waals surface area contributed by atoms with E-state index in [-0.39, 0.29) is 12.2 Å². The van der Waals surface area contributed by atoms with Crippen molar-refractivity contribution in [2.24, 2.45) is 0 Å². The lowest BCUT2D eigenvalue weighted by molar-refractivity contribution is -0.116. The Balaban J connectivity index is 1.89. The van der Waals surface area contributed by atoms with Crippen LogP contribution in [-0.2, 0) is 14.3 Å². The number of ether oxygens (including phenoxy) is 2. The van der Waals surface area contributed by atoms with E-state index in [0.717, 1.165) is 19.4 Å². The second-order valence-corrected chi connectivity index (χ2v) is 3.20. The maximum atomic E-state index is 10.2. The summed E-state index contributed by atoms with van der Waals surface area (Å²) >= 11 is 0. The van der Waals surface area contributed by atoms with Crippen LogP contribution in [0.4, 0.5) is 0 Å². The second kappa shape index (κ2) is 3.51. The van der Waals surface area contributed by atoms with Gasteiger partial charge in [0, 0.05) is 13.1 Å². The zero-order valence-corrected chi connectivity index (χ0v) is 6.94. The zero-order valence-electron chi connectivity index (χ0n) is 6.94.